The SMILES string of the molecule is CCCCCCCCCCC/C=C\C/C=C\CCCCCCCCCCCCCCCCC(O)C(=O)NC(COC1OC(CO)C(O)C(O)C1O)C(O)C(O)CCCCCCCCCCCCCCCCCCCCCCCCCCC. The van der Waals surface area contributed by atoms with Gasteiger partial charge in [-0.25, -0.2) is 0 Å². The van der Waals surface area contributed by atoms with Crippen molar-refractivity contribution in [1.82, 2.24) is 5.32 Å². The van der Waals surface area contributed by atoms with E-state index in [0.717, 1.165) is 44.9 Å². The number of hydrogen-bond acceptors (Lipinski definition) is 10. The molecule has 0 aromatic heterocycles. The number of carbonyl (C=O) groups is 1. The Labute approximate surface area is 505 Å². The first-order chi connectivity index (χ1) is 40.2. The van der Waals surface area contributed by atoms with Crippen LogP contribution in [-0.4, -0.2) is 110 Å². The molecule has 1 amide bonds. The minimum absolute atomic E-state index is 0.262. The van der Waals surface area contributed by atoms with Crippen molar-refractivity contribution in [2.75, 3.05) is 13.2 Å². The lowest BCUT2D eigenvalue weighted by molar-refractivity contribution is -0.303. The number of nitrogens with one attached hydrogen (secondary N) is 1. The molecular weight excluding hydrogens is 1030 g/mol. The summed E-state index contributed by atoms with van der Waals surface area (Å²) in [5.41, 5.74) is 0. The van der Waals surface area contributed by atoms with Gasteiger partial charge in [-0.2, -0.15) is 0 Å². The molecule has 11 nitrogen and oxygen atoms in total. The molecule has 0 saturated carbocycles. The van der Waals surface area contributed by atoms with Gasteiger partial charge in [0.1, 0.15) is 36.6 Å². The summed E-state index contributed by atoms with van der Waals surface area (Å²) in [6, 6.07) is -1.17. The summed E-state index contributed by atoms with van der Waals surface area (Å²) in [6.45, 7) is 3.52. The molecule has 486 valence electrons. The van der Waals surface area contributed by atoms with Crippen LogP contribution in [0.15, 0.2) is 24.3 Å². The van der Waals surface area contributed by atoms with Crippen molar-refractivity contribution < 1.29 is 50.0 Å². The van der Waals surface area contributed by atoms with Gasteiger partial charge in [0.2, 0.25) is 5.91 Å². The molecule has 0 aromatic carbocycles. The van der Waals surface area contributed by atoms with Gasteiger partial charge in [-0.05, 0) is 44.9 Å². The minimum atomic E-state index is -1.66. The van der Waals surface area contributed by atoms with Crippen molar-refractivity contribution in [3.63, 3.8) is 0 Å². The summed E-state index contributed by atoms with van der Waals surface area (Å²) in [7, 11) is 0. The first-order valence-electron chi connectivity index (χ1n) is 35.7. The van der Waals surface area contributed by atoms with Crippen LogP contribution in [-0.2, 0) is 14.3 Å². The van der Waals surface area contributed by atoms with Gasteiger partial charge in [0.25, 0.3) is 0 Å². The molecule has 1 aliphatic rings. The highest BCUT2D eigenvalue weighted by Crippen LogP contribution is 2.24. The van der Waals surface area contributed by atoms with Gasteiger partial charge in [0.15, 0.2) is 6.29 Å². The van der Waals surface area contributed by atoms with Gasteiger partial charge in [0, 0.05) is 0 Å². The van der Waals surface area contributed by atoms with E-state index in [1.807, 2.05) is 0 Å². The summed E-state index contributed by atoms with van der Waals surface area (Å²) in [4.78, 5) is 13.3. The second-order valence-electron chi connectivity index (χ2n) is 25.3. The van der Waals surface area contributed by atoms with Crippen LogP contribution >= 0.6 is 0 Å². The summed E-state index contributed by atoms with van der Waals surface area (Å²) in [6.07, 6.45) is 64.0. The number of allylic oxidation sites excluding steroid dienone is 4. The van der Waals surface area contributed by atoms with E-state index in [1.165, 1.54) is 270 Å². The summed E-state index contributed by atoms with van der Waals surface area (Å²) in [5, 5.41) is 76.6. The zero-order valence-electron chi connectivity index (χ0n) is 53.8. The van der Waals surface area contributed by atoms with E-state index >= 15 is 0 Å². The fourth-order valence-electron chi connectivity index (χ4n) is 11.8. The molecule has 1 saturated heterocycles. The Bertz CT molecular complexity index is 1380. The van der Waals surface area contributed by atoms with Crippen molar-refractivity contribution in [1.29, 1.82) is 0 Å². The molecule has 1 heterocycles. The molecule has 1 fully saturated rings. The number of aliphatic hydroxyl groups is 7. The fourth-order valence-corrected chi connectivity index (χ4v) is 11.8. The Morgan fingerprint density at radius 2 is 0.744 bits per heavy atom. The second kappa shape index (κ2) is 59.9. The van der Waals surface area contributed by atoms with Crippen LogP contribution in [0, 0.1) is 0 Å². The van der Waals surface area contributed by atoms with Crippen LogP contribution < -0.4 is 5.32 Å². The summed E-state index contributed by atoms with van der Waals surface area (Å²) < 4.78 is 11.2. The number of amides is 1. The van der Waals surface area contributed by atoms with Crippen LogP contribution in [0.1, 0.15) is 354 Å². The predicted molar refractivity (Wildman–Crippen MR) is 344 cm³/mol. The number of rotatable bonds is 63. The second-order valence-corrected chi connectivity index (χ2v) is 25.3. The highest BCUT2D eigenvalue weighted by atomic mass is 16.7. The Morgan fingerprint density at radius 3 is 1.09 bits per heavy atom. The van der Waals surface area contributed by atoms with Crippen LogP contribution in [0.3, 0.4) is 0 Å². The monoisotopic (exact) mass is 1160 g/mol. The minimum Gasteiger partial charge on any atom is -0.394 e. The van der Waals surface area contributed by atoms with Crippen LogP contribution in [0.5, 0.6) is 0 Å². The number of hydrogen-bond donors (Lipinski definition) is 8. The van der Waals surface area contributed by atoms with E-state index in [0.29, 0.717) is 19.3 Å². The van der Waals surface area contributed by atoms with Crippen molar-refractivity contribution >= 4 is 5.91 Å². The Hall–Kier alpha value is -1.41. The highest BCUT2D eigenvalue weighted by molar-refractivity contribution is 5.80. The van der Waals surface area contributed by atoms with Crippen molar-refractivity contribution in [2.45, 2.75) is 409 Å². The molecule has 11 heteroatoms. The molecule has 1 rings (SSSR count). The average molecular weight is 1160 g/mol. The third-order valence-electron chi connectivity index (χ3n) is 17.5. The molecule has 0 bridgehead atoms. The lowest BCUT2D eigenvalue weighted by atomic mass is 9.98. The molecule has 0 radical (unpaired) electrons. The first-order valence-corrected chi connectivity index (χ1v) is 35.7. The molecule has 82 heavy (non-hydrogen) atoms. The van der Waals surface area contributed by atoms with E-state index in [2.05, 4.69) is 43.5 Å². The van der Waals surface area contributed by atoms with E-state index < -0.39 is 74.2 Å². The van der Waals surface area contributed by atoms with E-state index in [4.69, 9.17) is 9.47 Å². The molecule has 9 atom stereocenters. The zero-order chi connectivity index (χ0) is 59.6. The molecule has 0 spiro atoms. The maximum atomic E-state index is 13.3. The van der Waals surface area contributed by atoms with Crippen LogP contribution in [0.4, 0.5) is 0 Å². The van der Waals surface area contributed by atoms with Crippen molar-refractivity contribution in [2.24, 2.45) is 0 Å². The maximum absolute atomic E-state index is 13.3. The van der Waals surface area contributed by atoms with Gasteiger partial charge < -0.3 is 50.5 Å². The van der Waals surface area contributed by atoms with Crippen LogP contribution in [0.25, 0.3) is 0 Å². The molecule has 8 N–H and O–H groups in total. The summed E-state index contributed by atoms with van der Waals surface area (Å²) in [5.74, 6) is -0.691. The predicted octanol–water partition coefficient (Wildman–Crippen LogP) is 17.2. The smallest absolute Gasteiger partial charge is 0.249 e. The Morgan fingerprint density at radius 1 is 0.427 bits per heavy atom. The third kappa shape index (κ3) is 46.8. The largest absolute Gasteiger partial charge is 0.394 e. The van der Waals surface area contributed by atoms with Crippen LogP contribution in [0.2, 0.25) is 0 Å². The third-order valence-corrected chi connectivity index (χ3v) is 17.5. The van der Waals surface area contributed by atoms with E-state index in [1.54, 1.807) is 0 Å². The number of carbonyl (C=O) groups excluding carboxylic acids is 1. The van der Waals surface area contributed by atoms with Gasteiger partial charge in [-0.3, -0.25) is 4.79 Å². The Balaban J connectivity index is 2.19. The van der Waals surface area contributed by atoms with Crippen molar-refractivity contribution in [3.8, 4) is 0 Å². The van der Waals surface area contributed by atoms with Gasteiger partial charge in [-0.15, -0.1) is 0 Å². The maximum Gasteiger partial charge on any atom is 0.249 e. The number of ether oxygens (including phenoxy) is 2. The van der Waals surface area contributed by atoms with Crippen molar-refractivity contribution in [3.05, 3.63) is 24.3 Å². The lowest BCUT2D eigenvalue weighted by Gasteiger charge is -2.40. The average Bonchev–Trinajstić information content (AvgIpc) is 3.50. The van der Waals surface area contributed by atoms with Gasteiger partial charge in [-0.1, -0.05) is 334 Å². The van der Waals surface area contributed by atoms with E-state index in [9.17, 15) is 40.5 Å². The first kappa shape index (κ1) is 78.6. The summed E-state index contributed by atoms with van der Waals surface area (Å²) >= 11 is 0. The Kier molecular flexibility index (Phi) is 57.4. The lowest BCUT2D eigenvalue weighted by Crippen LogP contribution is -2.60. The zero-order valence-corrected chi connectivity index (χ0v) is 53.8. The molecule has 0 aliphatic carbocycles. The fraction of sp³-hybridized carbons (Fsp3) is 0.930. The quantitative estimate of drug-likeness (QED) is 0.0215. The van der Waals surface area contributed by atoms with Gasteiger partial charge in [0.05, 0.1) is 25.4 Å². The standard InChI is InChI=1S/C71H137NO10/c1-3-5-7-9-11-13-15-17-19-21-23-25-27-29-30-31-32-33-35-37-39-41-43-45-47-49-51-53-55-57-59-64(75)70(80)72-62(61-81-71-69(79)68(78)67(77)65(60-73)82-71)66(76)63(74)58-56-54-52-50-48-46-44-42-40-38-36-34-28-26-24-22-20-18-16-14-12-10-8-6-4-2/h23,25,29-30,62-69,71,73-79H,3-22,24,26-28,31-61H2,1-2H3,(H,72,80)/b25-23-,30-29-. The topological polar surface area (TPSA) is 189 Å². The molecule has 0 aromatic rings. The normalized spacial score (nSPS) is 19.2. The number of aliphatic hydroxyl groups excluding tert-OH is 7. The highest BCUT2D eigenvalue weighted by Gasteiger charge is 2.44. The molecule has 9 unspecified atom stereocenters. The van der Waals surface area contributed by atoms with E-state index in [-0.39, 0.29) is 6.42 Å². The number of unbranched alkanes of at least 4 members (excludes halogenated alkanes) is 47. The van der Waals surface area contributed by atoms with Gasteiger partial charge >= 0.3 is 0 Å². The molecule has 1 aliphatic heterocycles. The molecular formula is C71H137NO10.